The summed E-state index contributed by atoms with van der Waals surface area (Å²) in [5.41, 5.74) is 5.41. The summed E-state index contributed by atoms with van der Waals surface area (Å²) < 4.78 is 32.8. The number of methoxy groups -OCH3 is 1. The molecule has 0 unspecified atom stereocenters. The second-order valence-electron chi connectivity index (χ2n) is 4.00. The molecule has 0 saturated carbocycles. The van der Waals surface area contributed by atoms with Crippen LogP contribution < -0.4 is 10.5 Å². The first-order chi connectivity index (χ1) is 9.45. The molecule has 2 rings (SSSR count). The fraction of sp³-hybridized carbons (Fsp3) is 0.0714. The van der Waals surface area contributed by atoms with E-state index < -0.39 is 23.0 Å². The summed E-state index contributed by atoms with van der Waals surface area (Å²) in [6.45, 7) is 0. The highest BCUT2D eigenvalue weighted by Gasteiger charge is 2.22. The van der Waals surface area contributed by atoms with E-state index in [2.05, 4.69) is 15.9 Å². The lowest BCUT2D eigenvalue weighted by Gasteiger charge is -2.09. The molecule has 0 heterocycles. The molecule has 3 nitrogen and oxygen atoms in total. The normalized spacial score (nSPS) is 10.4. The van der Waals surface area contributed by atoms with Crippen LogP contribution in [0.2, 0.25) is 0 Å². The van der Waals surface area contributed by atoms with Gasteiger partial charge < -0.3 is 10.5 Å². The standard InChI is InChI=1S/C14H10BrF2NO2/c1-20-7-5-9(16)12(10(17)6-7)14(19)8-3-2-4-11(18)13(8)15/h2-6H,18H2,1H3. The Kier molecular flexibility index (Phi) is 4.04. The minimum atomic E-state index is -0.985. The molecule has 0 atom stereocenters. The number of nitrogen functional groups attached to an aromatic ring is 1. The summed E-state index contributed by atoms with van der Waals surface area (Å²) in [6.07, 6.45) is 0. The van der Waals surface area contributed by atoms with Crippen LogP contribution in [0.25, 0.3) is 0 Å². The Bertz CT molecular complexity index is 666. The zero-order chi connectivity index (χ0) is 14.9. The number of ketones is 1. The van der Waals surface area contributed by atoms with Gasteiger partial charge in [-0.3, -0.25) is 4.79 Å². The maximum atomic E-state index is 13.9. The summed E-state index contributed by atoms with van der Waals surface area (Å²) in [6, 6.07) is 6.45. The lowest BCUT2D eigenvalue weighted by Crippen LogP contribution is -2.09. The van der Waals surface area contributed by atoms with Crippen molar-refractivity contribution in [2.75, 3.05) is 12.8 Å². The predicted octanol–water partition coefficient (Wildman–Crippen LogP) is 3.55. The van der Waals surface area contributed by atoms with E-state index in [-0.39, 0.29) is 11.3 Å². The summed E-state index contributed by atoms with van der Waals surface area (Å²) in [7, 11) is 1.28. The van der Waals surface area contributed by atoms with Gasteiger partial charge in [0.15, 0.2) is 5.78 Å². The topological polar surface area (TPSA) is 52.3 Å². The number of carbonyl (C=O) groups is 1. The van der Waals surface area contributed by atoms with Gasteiger partial charge in [-0.25, -0.2) is 8.78 Å². The Morgan fingerprint density at radius 3 is 2.40 bits per heavy atom. The molecule has 0 aliphatic carbocycles. The highest BCUT2D eigenvalue weighted by Crippen LogP contribution is 2.29. The molecule has 0 radical (unpaired) electrons. The maximum Gasteiger partial charge on any atom is 0.200 e. The van der Waals surface area contributed by atoms with Crippen molar-refractivity contribution in [3.8, 4) is 5.75 Å². The highest BCUT2D eigenvalue weighted by molar-refractivity contribution is 9.10. The molecule has 104 valence electrons. The number of hydrogen-bond acceptors (Lipinski definition) is 3. The summed E-state index contributed by atoms with van der Waals surface area (Å²) in [5, 5.41) is 0. The third-order valence-electron chi connectivity index (χ3n) is 2.75. The van der Waals surface area contributed by atoms with Gasteiger partial charge in [-0.15, -0.1) is 0 Å². The Hall–Kier alpha value is -1.95. The summed E-state index contributed by atoms with van der Waals surface area (Å²) >= 11 is 3.14. The van der Waals surface area contributed by atoms with Gasteiger partial charge in [0.25, 0.3) is 0 Å². The average Bonchev–Trinajstić information content (AvgIpc) is 2.40. The van der Waals surface area contributed by atoms with Crippen molar-refractivity contribution in [3.05, 3.63) is 57.6 Å². The molecular formula is C14H10BrF2NO2. The van der Waals surface area contributed by atoms with Gasteiger partial charge in [0.1, 0.15) is 17.4 Å². The zero-order valence-corrected chi connectivity index (χ0v) is 12.0. The zero-order valence-electron chi connectivity index (χ0n) is 10.4. The van der Waals surface area contributed by atoms with E-state index in [0.717, 1.165) is 12.1 Å². The Balaban J connectivity index is 2.57. The van der Waals surface area contributed by atoms with Crippen molar-refractivity contribution in [2.45, 2.75) is 0 Å². The summed E-state index contributed by atoms with van der Waals surface area (Å²) in [5.74, 6) is -2.76. The molecule has 0 aliphatic heterocycles. The lowest BCUT2D eigenvalue weighted by molar-refractivity contribution is 0.103. The molecular weight excluding hydrogens is 332 g/mol. The molecule has 0 aliphatic rings. The van der Waals surface area contributed by atoms with Crippen LogP contribution in [0.15, 0.2) is 34.8 Å². The van der Waals surface area contributed by atoms with Crippen molar-refractivity contribution < 1.29 is 18.3 Å². The van der Waals surface area contributed by atoms with Crippen LogP contribution in [0.1, 0.15) is 15.9 Å². The van der Waals surface area contributed by atoms with Crippen LogP contribution in [-0.2, 0) is 0 Å². The van der Waals surface area contributed by atoms with Crippen LogP contribution in [0.5, 0.6) is 5.75 Å². The second kappa shape index (κ2) is 5.58. The van der Waals surface area contributed by atoms with E-state index in [1.165, 1.54) is 19.2 Å². The third-order valence-corrected chi connectivity index (χ3v) is 3.64. The van der Waals surface area contributed by atoms with Crippen molar-refractivity contribution in [1.29, 1.82) is 0 Å². The van der Waals surface area contributed by atoms with E-state index in [0.29, 0.717) is 10.2 Å². The molecule has 2 aromatic carbocycles. The molecule has 0 bridgehead atoms. The number of nitrogens with two attached hydrogens (primary N) is 1. The van der Waals surface area contributed by atoms with Crippen LogP contribution >= 0.6 is 15.9 Å². The van der Waals surface area contributed by atoms with Crippen LogP contribution in [0.3, 0.4) is 0 Å². The number of ether oxygens (including phenoxy) is 1. The SMILES string of the molecule is COc1cc(F)c(C(=O)c2cccc(N)c2Br)c(F)c1. The predicted molar refractivity (Wildman–Crippen MR) is 74.9 cm³/mol. The first kappa shape index (κ1) is 14.5. The third kappa shape index (κ3) is 2.51. The first-order valence-electron chi connectivity index (χ1n) is 5.57. The minimum Gasteiger partial charge on any atom is -0.497 e. The van der Waals surface area contributed by atoms with E-state index in [1.807, 2.05) is 0 Å². The van der Waals surface area contributed by atoms with E-state index in [9.17, 15) is 13.6 Å². The van der Waals surface area contributed by atoms with Gasteiger partial charge in [-0.1, -0.05) is 6.07 Å². The number of hydrogen-bond donors (Lipinski definition) is 1. The fourth-order valence-corrected chi connectivity index (χ4v) is 2.19. The van der Waals surface area contributed by atoms with Gasteiger partial charge in [0.05, 0.1) is 17.1 Å². The Morgan fingerprint density at radius 1 is 1.25 bits per heavy atom. The maximum absolute atomic E-state index is 13.9. The highest BCUT2D eigenvalue weighted by atomic mass is 79.9. The molecule has 6 heteroatoms. The van der Waals surface area contributed by atoms with Gasteiger partial charge in [0, 0.05) is 23.4 Å². The number of carbonyl (C=O) groups excluding carboxylic acids is 1. The van der Waals surface area contributed by atoms with Crippen LogP contribution in [0.4, 0.5) is 14.5 Å². The quantitative estimate of drug-likeness (QED) is 0.686. The van der Waals surface area contributed by atoms with Crippen LogP contribution in [-0.4, -0.2) is 12.9 Å². The number of rotatable bonds is 3. The molecule has 0 aromatic heterocycles. The van der Waals surface area contributed by atoms with Gasteiger partial charge in [-0.2, -0.15) is 0 Å². The van der Waals surface area contributed by atoms with Crippen molar-refractivity contribution in [3.63, 3.8) is 0 Å². The van der Waals surface area contributed by atoms with Crippen LogP contribution in [0, 0.1) is 11.6 Å². The average molecular weight is 342 g/mol. The van der Waals surface area contributed by atoms with Gasteiger partial charge in [-0.05, 0) is 28.1 Å². The van der Waals surface area contributed by atoms with Crippen molar-refractivity contribution in [2.24, 2.45) is 0 Å². The van der Waals surface area contributed by atoms with E-state index in [4.69, 9.17) is 10.5 Å². The fourth-order valence-electron chi connectivity index (χ4n) is 1.74. The minimum absolute atomic E-state index is 0.00295. The molecule has 0 amide bonds. The lowest BCUT2D eigenvalue weighted by atomic mass is 10.0. The van der Waals surface area contributed by atoms with Crippen molar-refractivity contribution >= 4 is 27.4 Å². The number of benzene rings is 2. The largest absolute Gasteiger partial charge is 0.497 e. The molecule has 20 heavy (non-hydrogen) atoms. The molecule has 0 saturated heterocycles. The van der Waals surface area contributed by atoms with Crippen molar-refractivity contribution in [1.82, 2.24) is 0 Å². The van der Waals surface area contributed by atoms with Gasteiger partial charge >= 0.3 is 0 Å². The number of halogens is 3. The smallest absolute Gasteiger partial charge is 0.200 e. The monoisotopic (exact) mass is 341 g/mol. The molecule has 0 fully saturated rings. The molecule has 2 N–H and O–H groups in total. The molecule has 0 spiro atoms. The molecule has 2 aromatic rings. The summed E-state index contributed by atoms with van der Waals surface area (Å²) in [4.78, 5) is 12.3. The Morgan fingerprint density at radius 2 is 1.85 bits per heavy atom. The first-order valence-corrected chi connectivity index (χ1v) is 6.36. The number of anilines is 1. The van der Waals surface area contributed by atoms with E-state index >= 15 is 0 Å². The van der Waals surface area contributed by atoms with E-state index in [1.54, 1.807) is 6.07 Å². The van der Waals surface area contributed by atoms with Gasteiger partial charge in [0.2, 0.25) is 0 Å². The second-order valence-corrected chi connectivity index (χ2v) is 4.80. The Labute approximate surface area is 122 Å².